The molecule has 1 heterocycles. The minimum atomic E-state index is -4.20. The number of nitrogens with zero attached hydrogens (tertiary/aromatic N) is 2. The second-order valence-corrected chi connectivity index (χ2v) is 11.9. The summed E-state index contributed by atoms with van der Waals surface area (Å²) in [4.78, 5) is 44.1. The standard InChI is InChI=1S/C26H39FN4O7S/c1-7-18(27)14-10-13-17-28-21(32)19-20(38-39(6,35)36)22(33)31(8-2)23(29-19)26(15-11-9-12-16-26)30-24(34)37-25(3,4)5/h7,10,14H,8-9,11-13,15-17H2,1-6H3,(H,28,32)(H,30,34)/b14-10-,18-7+. The van der Waals surface area contributed by atoms with Gasteiger partial charge in [0.05, 0.1) is 6.26 Å². The van der Waals surface area contributed by atoms with Crippen molar-refractivity contribution in [1.82, 2.24) is 20.2 Å². The molecule has 1 aromatic heterocycles. The highest BCUT2D eigenvalue weighted by Crippen LogP contribution is 2.37. The third-order valence-corrected chi connectivity index (χ3v) is 6.39. The van der Waals surface area contributed by atoms with Crippen LogP contribution in [0.4, 0.5) is 9.18 Å². The van der Waals surface area contributed by atoms with Gasteiger partial charge >= 0.3 is 16.2 Å². The Bertz CT molecular complexity index is 1270. The van der Waals surface area contributed by atoms with E-state index in [1.807, 2.05) is 0 Å². The molecule has 0 aromatic carbocycles. The minimum Gasteiger partial charge on any atom is -0.444 e. The maximum absolute atomic E-state index is 13.6. The summed E-state index contributed by atoms with van der Waals surface area (Å²) in [5, 5.41) is 5.46. The van der Waals surface area contributed by atoms with Crippen molar-refractivity contribution >= 4 is 22.1 Å². The first-order valence-electron chi connectivity index (χ1n) is 12.9. The van der Waals surface area contributed by atoms with E-state index in [4.69, 9.17) is 8.92 Å². The first-order chi connectivity index (χ1) is 18.1. The lowest BCUT2D eigenvalue weighted by Gasteiger charge is -2.39. The van der Waals surface area contributed by atoms with Gasteiger partial charge < -0.3 is 19.6 Å². The third kappa shape index (κ3) is 9.19. The lowest BCUT2D eigenvalue weighted by molar-refractivity contribution is 0.0406. The second kappa shape index (κ2) is 13.2. The number of nitrogens with one attached hydrogen (secondary N) is 2. The number of rotatable bonds is 10. The van der Waals surface area contributed by atoms with Crippen LogP contribution in [0, 0.1) is 0 Å². The predicted molar refractivity (Wildman–Crippen MR) is 145 cm³/mol. The molecule has 1 aromatic rings. The summed E-state index contributed by atoms with van der Waals surface area (Å²) in [6, 6.07) is 0. The smallest absolute Gasteiger partial charge is 0.408 e. The van der Waals surface area contributed by atoms with Crippen LogP contribution in [-0.2, 0) is 26.9 Å². The molecule has 0 unspecified atom stereocenters. The Hall–Kier alpha value is -3.22. The molecular formula is C26H39FN4O7S. The molecule has 2 rings (SSSR count). The molecule has 0 bridgehead atoms. The van der Waals surface area contributed by atoms with E-state index in [-0.39, 0.29) is 25.3 Å². The van der Waals surface area contributed by atoms with Gasteiger partial charge in [0.15, 0.2) is 5.69 Å². The Morgan fingerprint density at radius 1 is 1.21 bits per heavy atom. The van der Waals surface area contributed by atoms with Gasteiger partial charge in [-0.3, -0.25) is 14.2 Å². The van der Waals surface area contributed by atoms with Gasteiger partial charge in [0, 0.05) is 13.1 Å². The molecule has 2 amide bonds. The summed E-state index contributed by atoms with van der Waals surface area (Å²) in [6.07, 6.45) is 7.54. The molecule has 0 radical (unpaired) electrons. The highest BCUT2D eigenvalue weighted by Gasteiger charge is 2.42. The number of hydrogen-bond donors (Lipinski definition) is 2. The van der Waals surface area contributed by atoms with Crippen LogP contribution in [-0.4, -0.2) is 48.4 Å². The van der Waals surface area contributed by atoms with E-state index in [1.165, 1.54) is 22.8 Å². The Kier molecular flexibility index (Phi) is 10.8. The van der Waals surface area contributed by atoms with Crippen molar-refractivity contribution in [2.24, 2.45) is 0 Å². The molecule has 2 N–H and O–H groups in total. The number of allylic oxidation sites excluding steroid dienone is 3. The van der Waals surface area contributed by atoms with Crippen molar-refractivity contribution < 1.29 is 31.3 Å². The van der Waals surface area contributed by atoms with Gasteiger partial charge in [-0.05, 0) is 60.0 Å². The van der Waals surface area contributed by atoms with E-state index < -0.39 is 56.1 Å². The van der Waals surface area contributed by atoms with E-state index in [0.717, 1.165) is 12.7 Å². The van der Waals surface area contributed by atoms with E-state index >= 15 is 0 Å². The Balaban J connectivity index is 2.62. The normalized spacial score (nSPS) is 16.1. The van der Waals surface area contributed by atoms with Crippen LogP contribution in [0.25, 0.3) is 0 Å². The predicted octanol–water partition coefficient (Wildman–Crippen LogP) is 3.84. The van der Waals surface area contributed by atoms with Crippen LogP contribution in [0.3, 0.4) is 0 Å². The van der Waals surface area contributed by atoms with E-state index in [1.54, 1.807) is 34.6 Å². The maximum atomic E-state index is 13.6. The van der Waals surface area contributed by atoms with Crippen molar-refractivity contribution in [3.05, 3.63) is 45.9 Å². The summed E-state index contributed by atoms with van der Waals surface area (Å²) in [5.41, 5.74) is -3.31. The molecule has 0 aliphatic heterocycles. The van der Waals surface area contributed by atoms with E-state index in [0.29, 0.717) is 25.7 Å². The number of carbonyl (C=O) groups is 2. The summed E-state index contributed by atoms with van der Waals surface area (Å²) in [7, 11) is -4.20. The minimum absolute atomic E-state index is 0.0554. The first kappa shape index (κ1) is 32.0. The van der Waals surface area contributed by atoms with Gasteiger partial charge in [0.25, 0.3) is 11.5 Å². The van der Waals surface area contributed by atoms with Crippen LogP contribution in [0.15, 0.2) is 28.8 Å². The zero-order valence-electron chi connectivity index (χ0n) is 23.4. The molecule has 1 fully saturated rings. The van der Waals surface area contributed by atoms with E-state index in [2.05, 4.69) is 15.6 Å². The zero-order valence-corrected chi connectivity index (χ0v) is 24.2. The maximum Gasteiger partial charge on any atom is 0.408 e. The number of alkyl carbamates (subject to hydrolysis) is 1. The molecule has 13 heteroatoms. The number of halogens is 1. The zero-order chi connectivity index (χ0) is 29.4. The lowest BCUT2D eigenvalue weighted by atomic mass is 9.80. The summed E-state index contributed by atoms with van der Waals surface area (Å²) >= 11 is 0. The molecule has 0 saturated heterocycles. The summed E-state index contributed by atoms with van der Waals surface area (Å²) < 4.78 is 48.9. The van der Waals surface area contributed by atoms with E-state index in [9.17, 15) is 27.2 Å². The molecular weight excluding hydrogens is 531 g/mol. The average molecular weight is 571 g/mol. The van der Waals surface area contributed by atoms with Gasteiger partial charge in [-0.2, -0.15) is 8.42 Å². The van der Waals surface area contributed by atoms with Crippen LogP contribution in [0.5, 0.6) is 5.75 Å². The number of aromatic nitrogens is 2. The van der Waals surface area contributed by atoms with Crippen molar-refractivity contribution in [3.8, 4) is 5.75 Å². The number of ether oxygens (including phenoxy) is 1. The van der Waals surface area contributed by atoms with Crippen LogP contribution >= 0.6 is 0 Å². The highest BCUT2D eigenvalue weighted by molar-refractivity contribution is 7.86. The molecule has 218 valence electrons. The highest BCUT2D eigenvalue weighted by atomic mass is 32.2. The fourth-order valence-electron chi connectivity index (χ4n) is 4.28. The SMILES string of the molecule is C/C=C(F)\C=C/CCNC(=O)c1nc(C2(NC(=O)OC(C)(C)C)CCCCC2)n(CC)c(=O)c1OS(C)(=O)=O. The Morgan fingerprint density at radius 2 is 1.85 bits per heavy atom. The average Bonchev–Trinajstić information content (AvgIpc) is 2.82. The monoisotopic (exact) mass is 570 g/mol. The van der Waals surface area contributed by atoms with Gasteiger partial charge in [-0.25, -0.2) is 14.2 Å². The lowest BCUT2D eigenvalue weighted by Crippen LogP contribution is -2.52. The Labute approximate surface area is 229 Å². The van der Waals surface area contributed by atoms with Gasteiger partial charge in [0.1, 0.15) is 22.8 Å². The largest absolute Gasteiger partial charge is 0.444 e. The van der Waals surface area contributed by atoms with Crippen molar-refractivity contribution in [2.45, 2.75) is 90.8 Å². The molecule has 11 nitrogen and oxygen atoms in total. The van der Waals surface area contributed by atoms with Crippen LogP contribution < -0.4 is 20.4 Å². The quantitative estimate of drug-likeness (QED) is 0.245. The summed E-state index contributed by atoms with van der Waals surface area (Å²) in [5.74, 6) is -1.91. The van der Waals surface area contributed by atoms with Gasteiger partial charge in [-0.15, -0.1) is 0 Å². The summed E-state index contributed by atoms with van der Waals surface area (Å²) in [6.45, 7) is 8.51. The third-order valence-electron chi connectivity index (χ3n) is 5.92. The number of hydrogen-bond acceptors (Lipinski definition) is 8. The topological polar surface area (TPSA) is 146 Å². The molecule has 39 heavy (non-hydrogen) atoms. The van der Waals surface area contributed by atoms with Crippen molar-refractivity contribution in [3.63, 3.8) is 0 Å². The molecule has 0 spiro atoms. The van der Waals surface area contributed by atoms with Crippen LogP contribution in [0.1, 0.15) is 89.5 Å². The number of amides is 2. The van der Waals surface area contributed by atoms with Crippen molar-refractivity contribution in [2.75, 3.05) is 12.8 Å². The molecule has 0 atom stereocenters. The molecule has 1 aliphatic rings. The van der Waals surface area contributed by atoms with Gasteiger partial charge in [0.2, 0.25) is 5.75 Å². The van der Waals surface area contributed by atoms with Crippen molar-refractivity contribution in [1.29, 1.82) is 0 Å². The van der Waals surface area contributed by atoms with Gasteiger partial charge in [-0.1, -0.05) is 31.4 Å². The number of carbonyl (C=O) groups excluding carboxylic acids is 2. The fraction of sp³-hybridized carbons (Fsp3) is 0.615. The molecule has 1 saturated carbocycles. The second-order valence-electron chi connectivity index (χ2n) is 10.3. The first-order valence-corrected chi connectivity index (χ1v) is 14.8. The Morgan fingerprint density at radius 3 is 2.38 bits per heavy atom. The van der Waals surface area contributed by atoms with Crippen LogP contribution in [0.2, 0.25) is 0 Å². The fourth-order valence-corrected chi connectivity index (χ4v) is 4.73. The molecule has 1 aliphatic carbocycles.